The van der Waals surface area contributed by atoms with Crippen LogP contribution in [0, 0.1) is 0 Å². The molecule has 1 aliphatic rings. The minimum atomic E-state index is 0.210. The molecule has 104 valence electrons. The van der Waals surface area contributed by atoms with E-state index >= 15 is 0 Å². The van der Waals surface area contributed by atoms with Crippen LogP contribution in [0.3, 0.4) is 0 Å². The van der Waals surface area contributed by atoms with Gasteiger partial charge in [-0.05, 0) is 30.5 Å². The molecule has 0 fully saturated rings. The Morgan fingerprint density at radius 1 is 1.20 bits per heavy atom. The number of fused-ring (bicyclic) bond motifs is 1. The molecule has 0 aliphatic carbocycles. The smallest absolute Gasteiger partial charge is 0.231 e. The van der Waals surface area contributed by atoms with Crippen molar-refractivity contribution in [1.29, 1.82) is 0 Å². The van der Waals surface area contributed by atoms with Crippen LogP contribution in [0.25, 0.3) is 0 Å². The standard InChI is InChI=1S/C15H15NO3S/c1-20-12-4-2-3-11(6-12)16-8-10-5-14-15(7-13(10)17)19-9-18-14/h2-7,16-17H,8-9H2,1H3. The Bertz CT molecular complexity index is 631. The number of hydrogen-bond acceptors (Lipinski definition) is 5. The SMILES string of the molecule is CSc1cccc(NCc2cc3c(cc2O)OCO3)c1. The van der Waals surface area contributed by atoms with E-state index in [1.54, 1.807) is 17.8 Å². The van der Waals surface area contributed by atoms with Crippen LogP contribution >= 0.6 is 11.8 Å². The molecule has 0 saturated carbocycles. The Morgan fingerprint density at radius 3 is 2.80 bits per heavy atom. The molecular formula is C15H15NO3S. The van der Waals surface area contributed by atoms with E-state index in [0.29, 0.717) is 18.0 Å². The highest BCUT2D eigenvalue weighted by Gasteiger charge is 2.16. The van der Waals surface area contributed by atoms with E-state index in [4.69, 9.17) is 9.47 Å². The lowest BCUT2D eigenvalue weighted by molar-refractivity contribution is 0.174. The molecule has 4 nitrogen and oxygen atoms in total. The third-order valence-electron chi connectivity index (χ3n) is 3.13. The molecule has 0 atom stereocenters. The zero-order valence-electron chi connectivity index (χ0n) is 11.1. The van der Waals surface area contributed by atoms with E-state index in [1.807, 2.05) is 24.5 Å². The van der Waals surface area contributed by atoms with Gasteiger partial charge in [-0.1, -0.05) is 6.07 Å². The summed E-state index contributed by atoms with van der Waals surface area (Å²) in [6.45, 7) is 0.738. The maximum absolute atomic E-state index is 9.97. The zero-order valence-corrected chi connectivity index (χ0v) is 11.9. The molecule has 0 bridgehead atoms. The molecular weight excluding hydrogens is 274 g/mol. The number of ether oxygens (including phenoxy) is 2. The average molecular weight is 289 g/mol. The van der Waals surface area contributed by atoms with Gasteiger partial charge in [0.05, 0.1) is 0 Å². The summed E-state index contributed by atoms with van der Waals surface area (Å²) in [7, 11) is 0. The third-order valence-corrected chi connectivity index (χ3v) is 3.85. The highest BCUT2D eigenvalue weighted by molar-refractivity contribution is 7.98. The highest BCUT2D eigenvalue weighted by Crippen LogP contribution is 2.37. The van der Waals surface area contributed by atoms with E-state index in [9.17, 15) is 5.11 Å². The van der Waals surface area contributed by atoms with Crippen molar-refractivity contribution < 1.29 is 14.6 Å². The monoisotopic (exact) mass is 289 g/mol. The van der Waals surface area contributed by atoms with Crippen LogP contribution in [0.5, 0.6) is 17.2 Å². The summed E-state index contributed by atoms with van der Waals surface area (Å²) >= 11 is 1.70. The molecule has 1 heterocycles. The number of phenols is 1. The normalized spacial score (nSPS) is 12.4. The molecule has 2 aromatic rings. The predicted octanol–water partition coefficient (Wildman–Crippen LogP) is 3.45. The summed E-state index contributed by atoms with van der Waals surface area (Å²) in [5.41, 5.74) is 1.80. The van der Waals surface area contributed by atoms with Crippen LogP contribution in [0.4, 0.5) is 5.69 Å². The Balaban J connectivity index is 1.75. The van der Waals surface area contributed by atoms with Crippen molar-refractivity contribution in [3.05, 3.63) is 42.0 Å². The Hall–Kier alpha value is -2.01. The molecule has 20 heavy (non-hydrogen) atoms. The lowest BCUT2D eigenvalue weighted by Crippen LogP contribution is -1.99. The molecule has 0 saturated heterocycles. The highest BCUT2D eigenvalue weighted by atomic mass is 32.2. The third kappa shape index (κ3) is 2.63. The fourth-order valence-corrected chi connectivity index (χ4v) is 2.50. The number of aromatic hydroxyl groups is 1. The Kier molecular flexibility index (Phi) is 3.60. The van der Waals surface area contributed by atoms with Crippen molar-refractivity contribution in [2.24, 2.45) is 0 Å². The van der Waals surface area contributed by atoms with Gasteiger partial charge >= 0.3 is 0 Å². The van der Waals surface area contributed by atoms with E-state index in [2.05, 4.69) is 17.4 Å². The lowest BCUT2D eigenvalue weighted by atomic mass is 10.1. The van der Waals surface area contributed by atoms with Gasteiger partial charge in [-0.25, -0.2) is 0 Å². The Morgan fingerprint density at radius 2 is 2.00 bits per heavy atom. The van der Waals surface area contributed by atoms with Gasteiger partial charge in [0, 0.05) is 28.8 Å². The molecule has 2 aromatic carbocycles. The van der Waals surface area contributed by atoms with Crippen molar-refractivity contribution >= 4 is 17.4 Å². The van der Waals surface area contributed by atoms with Gasteiger partial charge < -0.3 is 19.9 Å². The molecule has 3 rings (SSSR count). The van der Waals surface area contributed by atoms with Crippen LogP contribution in [0.2, 0.25) is 0 Å². The maximum atomic E-state index is 9.97. The quantitative estimate of drug-likeness (QED) is 0.844. The predicted molar refractivity (Wildman–Crippen MR) is 79.8 cm³/mol. The largest absolute Gasteiger partial charge is 0.507 e. The van der Waals surface area contributed by atoms with Crippen molar-refractivity contribution in [1.82, 2.24) is 0 Å². The molecule has 0 amide bonds. The first kappa shape index (κ1) is 13.0. The van der Waals surface area contributed by atoms with Gasteiger partial charge in [0.15, 0.2) is 11.5 Å². The van der Waals surface area contributed by atoms with Crippen LogP contribution in [0.15, 0.2) is 41.3 Å². The second-order valence-corrected chi connectivity index (χ2v) is 5.30. The molecule has 2 N–H and O–H groups in total. The van der Waals surface area contributed by atoms with Crippen LogP contribution in [0.1, 0.15) is 5.56 Å². The van der Waals surface area contributed by atoms with Gasteiger partial charge in [-0.2, -0.15) is 0 Å². The van der Waals surface area contributed by atoms with E-state index in [1.165, 1.54) is 4.90 Å². The lowest BCUT2D eigenvalue weighted by Gasteiger charge is -2.10. The summed E-state index contributed by atoms with van der Waals surface area (Å²) in [5.74, 6) is 1.48. The number of hydrogen-bond donors (Lipinski definition) is 2. The number of nitrogens with one attached hydrogen (secondary N) is 1. The van der Waals surface area contributed by atoms with Gasteiger partial charge in [-0.3, -0.25) is 0 Å². The van der Waals surface area contributed by atoms with Crippen LogP contribution in [-0.2, 0) is 6.54 Å². The first-order valence-corrected chi connectivity index (χ1v) is 7.48. The zero-order chi connectivity index (χ0) is 13.9. The summed E-state index contributed by atoms with van der Waals surface area (Å²) in [5, 5.41) is 13.3. The fraction of sp³-hybridized carbons (Fsp3) is 0.200. The molecule has 0 spiro atoms. The van der Waals surface area contributed by atoms with Crippen LogP contribution < -0.4 is 14.8 Å². The van der Waals surface area contributed by atoms with Crippen molar-refractivity contribution in [2.45, 2.75) is 11.4 Å². The number of rotatable bonds is 4. The number of benzene rings is 2. The summed E-state index contributed by atoms with van der Waals surface area (Å²) < 4.78 is 10.5. The van der Waals surface area contributed by atoms with Crippen LogP contribution in [-0.4, -0.2) is 18.2 Å². The Labute approximate surface area is 121 Å². The summed E-state index contributed by atoms with van der Waals surface area (Å²) in [6.07, 6.45) is 2.04. The number of phenolic OH excluding ortho intramolecular Hbond substituents is 1. The first-order valence-electron chi connectivity index (χ1n) is 6.25. The minimum Gasteiger partial charge on any atom is -0.507 e. The summed E-state index contributed by atoms with van der Waals surface area (Å²) in [4.78, 5) is 1.20. The van der Waals surface area contributed by atoms with Crippen molar-refractivity contribution in [2.75, 3.05) is 18.4 Å². The van der Waals surface area contributed by atoms with Crippen molar-refractivity contribution in [3.8, 4) is 17.2 Å². The second-order valence-electron chi connectivity index (χ2n) is 4.42. The number of thioether (sulfide) groups is 1. The van der Waals surface area contributed by atoms with Gasteiger partial charge in [0.2, 0.25) is 6.79 Å². The minimum absolute atomic E-state index is 0.210. The van der Waals surface area contributed by atoms with E-state index in [0.717, 1.165) is 11.3 Å². The molecule has 5 heteroatoms. The van der Waals surface area contributed by atoms with Gasteiger partial charge in [-0.15, -0.1) is 11.8 Å². The van der Waals surface area contributed by atoms with Gasteiger partial charge in [0.1, 0.15) is 5.75 Å². The molecule has 0 radical (unpaired) electrons. The topological polar surface area (TPSA) is 50.7 Å². The van der Waals surface area contributed by atoms with Gasteiger partial charge in [0.25, 0.3) is 0 Å². The second kappa shape index (κ2) is 5.54. The molecule has 0 unspecified atom stereocenters. The molecule has 0 aromatic heterocycles. The van der Waals surface area contributed by atoms with Crippen molar-refractivity contribution in [3.63, 3.8) is 0 Å². The first-order chi connectivity index (χ1) is 9.76. The maximum Gasteiger partial charge on any atom is 0.231 e. The number of anilines is 1. The fourth-order valence-electron chi connectivity index (χ4n) is 2.05. The summed E-state index contributed by atoms with van der Waals surface area (Å²) in [6, 6.07) is 11.6. The average Bonchev–Trinajstić information content (AvgIpc) is 2.92. The van der Waals surface area contributed by atoms with E-state index < -0.39 is 0 Å². The van der Waals surface area contributed by atoms with E-state index in [-0.39, 0.29) is 12.5 Å². The molecule has 1 aliphatic heterocycles.